The van der Waals surface area contributed by atoms with Crippen molar-refractivity contribution in [3.05, 3.63) is 35.9 Å². The topological polar surface area (TPSA) is 43.4 Å². The summed E-state index contributed by atoms with van der Waals surface area (Å²) in [6, 6.07) is 8.88. The third-order valence-corrected chi connectivity index (χ3v) is 7.06. The van der Waals surface area contributed by atoms with Crippen molar-refractivity contribution < 1.29 is 14.3 Å². The Kier molecular flexibility index (Phi) is 11.2. The number of methoxy groups -OCH3 is 1. The van der Waals surface area contributed by atoms with Gasteiger partial charge in [-0.05, 0) is 49.7 Å². The summed E-state index contributed by atoms with van der Waals surface area (Å²) in [7, 11) is 1.37. The average molecular weight is 415 g/mol. The molecule has 1 aromatic carbocycles. The van der Waals surface area contributed by atoms with E-state index in [4.69, 9.17) is 0 Å². The minimum atomic E-state index is -0.291. The molecule has 0 spiro atoms. The maximum atomic E-state index is 13.1. The number of carbonyl (C=O) groups is 2. The van der Waals surface area contributed by atoms with Gasteiger partial charge in [-0.25, -0.2) is 4.79 Å². The van der Waals surface area contributed by atoms with Gasteiger partial charge in [0.15, 0.2) is 0 Å². The van der Waals surface area contributed by atoms with E-state index in [1.807, 2.05) is 6.07 Å². The molecule has 0 radical (unpaired) electrons. The number of ketones is 1. The second kappa shape index (κ2) is 13.6. The molecule has 2 saturated carbocycles. The average Bonchev–Trinajstić information content (AvgIpc) is 2.80. The normalized spacial score (nSPS) is 26.2. The lowest BCUT2D eigenvalue weighted by Crippen LogP contribution is -2.36. The van der Waals surface area contributed by atoms with Crippen LogP contribution in [0.1, 0.15) is 101 Å². The van der Waals surface area contributed by atoms with E-state index in [1.165, 1.54) is 84.2 Å². The molecule has 0 amide bonds. The highest BCUT2D eigenvalue weighted by atomic mass is 16.5. The highest BCUT2D eigenvalue weighted by Gasteiger charge is 2.38. The van der Waals surface area contributed by atoms with Crippen molar-refractivity contribution in [2.45, 2.75) is 90.9 Å². The SMILES string of the molecule is CCCC1CCCCC1C(=O)C1CCCCC1CCC.COC(=O)c1ccccc1. The summed E-state index contributed by atoms with van der Waals surface area (Å²) in [5, 5.41) is 0. The van der Waals surface area contributed by atoms with Crippen molar-refractivity contribution in [1.29, 1.82) is 0 Å². The van der Waals surface area contributed by atoms with Gasteiger partial charge in [-0.2, -0.15) is 0 Å². The summed E-state index contributed by atoms with van der Waals surface area (Å²) in [6.07, 6.45) is 15.4. The van der Waals surface area contributed by atoms with Crippen LogP contribution in [0.15, 0.2) is 30.3 Å². The second-order valence-electron chi connectivity index (χ2n) is 9.14. The Labute approximate surface area is 184 Å². The van der Waals surface area contributed by atoms with E-state index < -0.39 is 0 Å². The van der Waals surface area contributed by atoms with Gasteiger partial charge in [0.25, 0.3) is 0 Å². The van der Waals surface area contributed by atoms with Gasteiger partial charge in [-0.15, -0.1) is 0 Å². The van der Waals surface area contributed by atoms with Crippen molar-refractivity contribution >= 4 is 11.8 Å². The molecule has 4 atom stereocenters. The molecule has 0 aliphatic heterocycles. The van der Waals surface area contributed by atoms with Crippen LogP contribution in [0, 0.1) is 23.7 Å². The van der Waals surface area contributed by atoms with Gasteiger partial charge in [0.2, 0.25) is 0 Å². The van der Waals surface area contributed by atoms with E-state index >= 15 is 0 Å². The number of hydrogen-bond donors (Lipinski definition) is 0. The van der Waals surface area contributed by atoms with Crippen LogP contribution < -0.4 is 0 Å². The zero-order valence-corrected chi connectivity index (χ0v) is 19.4. The lowest BCUT2D eigenvalue weighted by molar-refractivity contribution is -0.132. The van der Waals surface area contributed by atoms with Crippen LogP contribution in [-0.2, 0) is 9.53 Å². The summed E-state index contributed by atoms with van der Waals surface area (Å²) in [5.41, 5.74) is 0.588. The fraction of sp³-hybridized carbons (Fsp3) is 0.704. The van der Waals surface area contributed by atoms with Gasteiger partial charge in [0.1, 0.15) is 5.78 Å². The fourth-order valence-corrected chi connectivity index (χ4v) is 5.56. The molecular weight excluding hydrogens is 372 g/mol. The van der Waals surface area contributed by atoms with Gasteiger partial charge in [0, 0.05) is 11.8 Å². The number of rotatable bonds is 7. The number of benzene rings is 1. The lowest BCUT2D eigenvalue weighted by Gasteiger charge is -2.37. The van der Waals surface area contributed by atoms with Crippen LogP contribution in [0.25, 0.3) is 0 Å². The second-order valence-corrected chi connectivity index (χ2v) is 9.14. The maximum absolute atomic E-state index is 13.1. The molecule has 2 fully saturated rings. The largest absolute Gasteiger partial charge is 0.465 e. The predicted octanol–water partition coefficient (Wildman–Crippen LogP) is 7.24. The molecular formula is C27H42O3. The van der Waals surface area contributed by atoms with Crippen LogP contribution in [0.2, 0.25) is 0 Å². The van der Waals surface area contributed by atoms with Crippen molar-refractivity contribution in [1.82, 2.24) is 0 Å². The van der Waals surface area contributed by atoms with Crippen molar-refractivity contribution in [3.8, 4) is 0 Å². The molecule has 2 aliphatic carbocycles. The van der Waals surface area contributed by atoms with Gasteiger partial charge >= 0.3 is 5.97 Å². The molecule has 0 N–H and O–H groups in total. The molecule has 0 saturated heterocycles. The third-order valence-electron chi connectivity index (χ3n) is 7.06. The highest BCUT2D eigenvalue weighted by molar-refractivity contribution is 5.89. The molecule has 0 heterocycles. The Balaban J connectivity index is 0.000000269. The molecule has 3 rings (SSSR count). The summed E-state index contributed by atoms with van der Waals surface area (Å²) >= 11 is 0. The Morgan fingerprint density at radius 2 is 1.27 bits per heavy atom. The van der Waals surface area contributed by atoms with E-state index in [-0.39, 0.29) is 5.97 Å². The number of carbonyl (C=O) groups excluding carboxylic acids is 2. The molecule has 3 nitrogen and oxygen atoms in total. The van der Waals surface area contributed by atoms with Crippen LogP contribution in [0.4, 0.5) is 0 Å². The van der Waals surface area contributed by atoms with Crippen molar-refractivity contribution in [2.24, 2.45) is 23.7 Å². The Morgan fingerprint density at radius 1 is 0.800 bits per heavy atom. The first-order chi connectivity index (χ1) is 14.6. The molecule has 2 aliphatic rings. The Bertz CT molecular complexity index is 592. The monoisotopic (exact) mass is 414 g/mol. The highest BCUT2D eigenvalue weighted by Crippen LogP contribution is 2.41. The fourth-order valence-electron chi connectivity index (χ4n) is 5.56. The number of hydrogen-bond acceptors (Lipinski definition) is 3. The maximum Gasteiger partial charge on any atom is 0.337 e. The van der Waals surface area contributed by atoms with E-state index in [9.17, 15) is 9.59 Å². The smallest absolute Gasteiger partial charge is 0.337 e. The van der Waals surface area contributed by atoms with Gasteiger partial charge in [-0.1, -0.05) is 83.4 Å². The lowest BCUT2D eigenvalue weighted by atomic mass is 9.66. The van der Waals surface area contributed by atoms with Crippen LogP contribution >= 0.6 is 0 Å². The molecule has 4 unspecified atom stereocenters. The number of esters is 1. The molecule has 3 heteroatoms. The zero-order chi connectivity index (χ0) is 21.8. The van der Waals surface area contributed by atoms with Gasteiger partial charge in [-0.3, -0.25) is 4.79 Å². The number of Topliss-reactive ketones (excluding diaryl/α,β-unsaturated/α-hetero) is 1. The zero-order valence-electron chi connectivity index (χ0n) is 19.4. The van der Waals surface area contributed by atoms with Crippen molar-refractivity contribution in [2.75, 3.05) is 7.11 Å². The summed E-state index contributed by atoms with van der Waals surface area (Å²) < 4.78 is 4.50. The Hall–Kier alpha value is -1.64. The minimum Gasteiger partial charge on any atom is -0.465 e. The van der Waals surface area contributed by atoms with E-state index in [1.54, 1.807) is 24.3 Å². The molecule has 168 valence electrons. The van der Waals surface area contributed by atoms with Crippen LogP contribution in [0.5, 0.6) is 0 Å². The molecule has 30 heavy (non-hydrogen) atoms. The number of ether oxygens (including phenoxy) is 1. The van der Waals surface area contributed by atoms with E-state index in [0.29, 0.717) is 35.0 Å². The standard InChI is InChI=1S/C19H34O.C8H8O2/c1-3-9-15-11-5-7-13-17(15)19(20)18-14-8-6-12-16(18)10-4-2;1-10-8(9)7-5-3-2-4-6-7/h15-18H,3-14H2,1-2H3;2-6H,1H3. The molecule has 0 aromatic heterocycles. The Morgan fingerprint density at radius 3 is 1.70 bits per heavy atom. The minimum absolute atomic E-state index is 0.291. The third kappa shape index (κ3) is 7.25. The quantitative estimate of drug-likeness (QED) is 0.442. The first-order valence-corrected chi connectivity index (χ1v) is 12.3. The van der Waals surface area contributed by atoms with Gasteiger partial charge in [0.05, 0.1) is 12.7 Å². The summed E-state index contributed by atoms with van der Waals surface area (Å²) in [6.45, 7) is 4.55. The molecule has 0 bridgehead atoms. The summed E-state index contributed by atoms with van der Waals surface area (Å²) in [4.78, 5) is 23.9. The predicted molar refractivity (Wildman–Crippen MR) is 124 cm³/mol. The molecule has 1 aromatic rings. The summed E-state index contributed by atoms with van der Waals surface area (Å²) in [5.74, 6) is 2.66. The van der Waals surface area contributed by atoms with E-state index in [2.05, 4.69) is 18.6 Å². The van der Waals surface area contributed by atoms with Crippen molar-refractivity contribution in [3.63, 3.8) is 0 Å². The van der Waals surface area contributed by atoms with Crippen LogP contribution in [0.3, 0.4) is 0 Å². The first-order valence-electron chi connectivity index (χ1n) is 12.3. The van der Waals surface area contributed by atoms with Crippen LogP contribution in [-0.4, -0.2) is 18.9 Å². The first kappa shape index (κ1) is 24.6. The van der Waals surface area contributed by atoms with Gasteiger partial charge < -0.3 is 4.74 Å². The van der Waals surface area contributed by atoms with E-state index in [0.717, 1.165) is 0 Å².